The summed E-state index contributed by atoms with van der Waals surface area (Å²) in [5.74, 6) is -1.05. The Morgan fingerprint density at radius 1 is 0.667 bits per heavy atom. The summed E-state index contributed by atoms with van der Waals surface area (Å²) in [5.41, 5.74) is 5.33. The van der Waals surface area contributed by atoms with E-state index in [-0.39, 0.29) is 32.6 Å². The van der Waals surface area contributed by atoms with Crippen LogP contribution in [0.15, 0.2) is 72.9 Å². The Kier molecular flexibility index (Phi) is 36.8. The first-order chi connectivity index (χ1) is 26.2. The van der Waals surface area contributed by atoms with Gasteiger partial charge in [0.25, 0.3) is 0 Å². The van der Waals surface area contributed by atoms with Crippen molar-refractivity contribution in [2.75, 3.05) is 26.4 Å². The van der Waals surface area contributed by atoms with E-state index in [9.17, 15) is 24.2 Å². The van der Waals surface area contributed by atoms with E-state index in [0.717, 1.165) is 64.2 Å². The largest absolute Gasteiger partial charge is 0.472 e. The SMILES string of the molecule is CC/C=C\C/C=C\C/C=C\C/C=C\C=C\C(O)CCCC(=O)OC(COC(=O)CCCCCCC/C=C\CCCCCCCC)COP(=O)(O)OCCN. The van der Waals surface area contributed by atoms with Crippen molar-refractivity contribution in [2.24, 2.45) is 5.73 Å². The van der Waals surface area contributed by atoms with Gasteiger partial charge in [0.2, 0.25) is 0 Å². The van der Waals surface area contributed by atoms with E-state index in [1.54, 1.807) is 12.2 Å². The minimum absolute atomic E-state index is 0.00526. The zero-order chi connectivity index (χ0) is 39.8. The molecule has 0 aliphatic carbocycles. The van der Waals surface area contributed by atoms with Gasteiger partial charge in [-0.05, 0) is 70.6 Å². The summed E-state index contributed by atoms with van der Waals surface area (Å²) >= 11 is 0. The number of esters is 2. The Morgan fingerprint density at radius 3 is 1.87 bits per heavy atom. The van der Waals surface area contributed by atoms with Crippen LogP contribution in [0.4, 0.5) is 0 Å². The van der Waals surface area contributed by atoms with Gasteiger partial charge in [-0.25, -0.2) is 4.57 Å². The molecule has 0 bridgehead atoms. The number of aliphatic hydroxyl groups excluding tert-OH is 1. The second-order valence-corrected chi connectivity index (χ2v) is 14.8. The molecule has 11 heteroatoms. The Balaban J connectivity index is 4.42. The van der Waals surface area contributed by atoms with Crippen LogP contribution in [-0.4, -0.2) is 60.5 Å². The topological polar surface area (TPSA) is 155 Å². The predicted molar refractivity (Wildman–Crippen MR) is 221 cm³/mol. The molecule has 0 amide bonds. The Bertz CT molecular complexity index is 1130. The predicted octanol–water partition coefficient (Wildman–Crippen LogP) is 10.5. The van der Waals surface area contributed by atoms with Crippen molar-refractivity contribution < 1.29 is 42.7 Å². The first-order valence-electron chi connectivity index (χ1n) is 20.5. The van der Waals surface area contributed by atoms with Gasteiger partial charge in [0.05, 0.1) is 19.3 Å². The maximum Gasteiger partial charge on any atom is 0.472 e. The minimum atomic E-state index is -4.43. The van der Waals surface area contributed by atoms with Crippen LogP contribution in [0.25, 0.3) is 0 Å². The van der Waals surface area contributed by atoms with Gasteiger partial charge in [0, 0.05) is 19.4 Å². The second-order valence-electron chi connectivity index (χ2n) is 13.3. The minimum Gasteiger partial charge on any atom is -0.462 e. The number of hydrogen-bond acceptors (Lipinski definition) is 9. The number of rotatable bonds is 37. The quantitative estimate of drug-likeness (QED) is 0.0182. The number of ether oxygens (including phenoxy) is 2. The molecule has 54 heavy (non-hydrogen) atoms. The molecule has 0 aliphatic heterocycles. The molecule has 0 saturated carbocycles. The molecule has 0 radical (unpaired) electrons. The number of aliphatic hydroxyl groups is 1. The maximum atomic E-state index is 12.6. The van der Waals surface area contributed by atoms with E-state index in [1.807, 2.05) is 12.2 Å². The van der Waals surface area contributed by atoms with Crippen LogP contribution in [0.1, 0.15) is 149 Å². The molecular weight excluding hydrogens is 705 g/mol. The highest BCUT2D eigenvalue weighted by atomic mass is 31.2. The molecule has 0 fully saturated rings. The van der Waals surface area contributed by atoms with Crippen LogP contribution in [0.2, 0.25) is 0 Å². The first-order valence-corrected chi connectivity index (χ1v) is 22.0. The molecule has 0 rings (SSSR count). The molecule has 0 aromatic rings. The fraction of sp³-hybridized carbons (Fsp3) is 0.674. The lowest BCUT2D eigenvalue weighted by molar-refractivity contribution is -0.161. The normalized spacial score (nSPS) is 14.7. The van der Waals surface area contributed by atoms with Crippen LogP contribution in [0.5, 0.6) is 0 Å². The number of carbonyl (C=O) groups is 2. The number of phosphoric acid groups is 1. The summed E-state index contributed by atoms with van der Waals surface area (Å²) < 4.78 is 32.6. The molecule has 3 unspecified atom stereocenters. The summed E-state index contributed by atoms with van der Waals surface area (Å²) in [6.07, 6.45) is 42.5. The highest BCUT2D eigenvalue weighted by molar-refractivity contribution is 7.47. The molecule has 10 nitrogen and oxygen atoms in total. The third-order valence-electron chi connectivity index (χ3n) is 8.18. The molecule has 0 saturated heterocycles. The van der Waals surface area contributed by atoms with E-state index in [4.69, 9.17) is 24.3 Å². The van der Waals surface area contributed by atoms with Crippen molar-refractivity contribution in [2.45, 2.75) is 161 Å². The van der Waals surface area contributed by atoms with E-state index >= 15 is 0 Å². The first kappa shape index (κ1) is 51.4. The molecule has 0 aliphatic rings. The van der Waals surface area contributed by atoms with Crippen molar-refractivity contribution in [1.29, 1.82) is 0 Å². The second kappa shape index (κ2) is 38.7. The third-order valence-corrected chi connectivity index (χ3v) is 9.16. The van der Waals surface area contributed by atoms with Gasteiger partial charge in [-0.3, -0.25) is 18.6 Å². The van der Waals surface area contributed by atoms with E-state index < -0.39 is 38.6 Å². The van der Waals surface area contributed by atoms with Crippen molar-refractivity contribution in [1.82, 2.24) is 0 Å². The van der Waals surface area contributed by atoms with E-state index in [2.05, 4.69) is 62.5 Å². The number of phosphoric ester groups is 1. The maximum absolute atomic E-state index is 12.6. The number of carbonyl (C=O) groups excluding carboxylic acids is 2. The van der Waals surface area contributed by atoms with Gasteiger partial charge in [-0.2, -0.15) is 0 Å². The Labute approximate surface area is 327 Å². The zero-order valence-electron chi connectivity index (χ0n) is 33.5. The lowest BCUT2D eigenvalue weighted by Gasteiger charge is -2.20. The summed E-state index contributed by atoms with van der Waals surface area (Å²) in [6.45, 7) is 3.35. The van der Waals surface area contributed by atoms with Gasteiger partial charge in [-0.15, -0.1) is 0 Å². The van der Waals surface area contributed by atoms with Gasteiger partial charge in [0.15, 0.2) is 6.10 Å². The lowest BCUT2D eigenvalue weighted by atomic mass is 10.1. The molecule has 310 valence electrons. The van der Waals surface area contributed by atoms with Crippen LogP contribution in [0, 0.1) is 0 Å². The lowest BCUT2D eigenvalue weighted by Crippen LogP contribution is -2.29. The van der Waals surface area contributed by atoms with Gasteiger partial charge >= 0.3 is 19.8 Å². The standard InChI is InChI=1S/C43H74NO9P/c1-3-5-7-9-11-13-15-17-18-20-22-24-26-28-30-34-42(46)50-38-41(39-52-54(48,49)51-37-36-44)53-43(47)35-31-33-40(45)32-29-27-25-23-21-19-16-14-12-10-8-6-4-2/h6,8,12,14,17-19,21,25,27,29,32,40-41,45H,3-5,7,9-11,13,15-16,20,22-24,26,28,30-31,33-39,44H2,1-2H3,(H,48,49)/b8-6-,14-12-,18-17-,21-19-,27-25-,32-29+. The summed E-state index contributed by atoms with van der Waals surface area (Å²) in [5, 5.41) is 10.3. The smallest absolute Gasteiger partial charge is 0.462 e. The highest BCUT2D eigenvalue weighted by Crippen LogP contribution is 2.43. The number of unbranched alkanes of at least 4 members (excludes halogenated alkanes) is 11. The highest BCUT2D eigenvalue weighted by Gasteiger charge is 2.26. The van der Waals surface area contributed by atoms with Gasteiger partial charge < -0.3 is 25.2 Å². The summed E-state index contributed by atoms with van der Waals surface area (Å²) in [6, 6.07) is 0. The van der Waals surface area contributed by atoms with Gasteiger partial charge in [-0.1, -0.05) is 138 Å². The Hall–Kier alpha value is -2.59. The molecule has 0 aromatic carbocycles. The average molecular weight is 780 g/mol. The fourth-order valence-corrected chi connectivity index (χ4v) is 5.89. The average Bonchev–Trinajstić information content (AvgIpc) is 3.15. The van der Waals surface area contributed by atoms with Crippen LogP contribution >= 0.6 is 7.82 Å². The summed E-state index contributed by atoms with van der Waals surface area (Å²) in [7, 11) is -4.43. The molecule has 3 atom stereocenters. The van der Waals surface area contributed by atoms with Crippen LogP contribution < -0.4 is 5.73 Å². The van der Waals surface area contributed by atoms with Crippen LogP contribution in [0.3, 0.4) is 0 Å². The number of hydrogen-bond donors (Lipinski definition) is 3. The molecule has 0 aromatic heterocycles. The molecule has 4 N–H and O–H groups in total. The molecule has 0 heterocycles. The number of nitrogens with two attached hydrogens (primary N) is 1. The summed E-state index contributed by atoms with van der Waals surface area (Å²) in [4.78, 5) is 34.8. The van der Waals surface area contributed by atoms with E-state index in [1.165, 1.54) is 38.5 Å². The fourth-order valence-electron chi connectivity index (χ4n) is 5.13. The van der Waals surface area contributed by atoms with Crippen molar-refractivity contribution in [3.05, 3.63) is 72.9 Å². The monoisotopic (exact) mass is 780 g/mol. The number of allylic oxidation sites excluding steroid dienone is 11. The molecular formula is C43H74NO9P. The van der Waals surface area contributed by atoms with Crippen molar-refractivity contribution in [3.8, 4) is 0 Å². The zero-order valence-corrected chi connectivity index (χ0v) is 34.4. The van der Waals surface area contributed by atoms with Crippen molar-refractivity contribution >= 4 is 19.8 Å². The van der Waals surface area contributed by atoms with Crippen LogP contribution in [-0.2, 0) is 32.7 Å². The Morgan fingerprint density at radius 2 is 1.24 bits per heavy atom. The van der Waals surface area contributed by atoms with E-state index in [0.29, 0.717) is 19.3 Å². The third kappa shape index (κ3) is 37.7. The van der Waals surface area contributed by atoms with Crippen molar-refractivity contribution in [3.63, 3.8) is 0 Å². The molecule has 0 spiro atoms. The van der Waals surface area contributed by atoms with Gasteiger partial charge in [0.1, 0.15) is 6.61 Å².